The average Bonchev–Trinajstić information content (AvgIpc) is 2.80. The smallest absolute Gasteiger partial charge is 0.406 e. The van der Waals surface area contributed by atoms with Crippen molar-refractivity contribution in [1.29, 1.82) is 0 Å². The van der Waals surface area contributed by atoms with E-state index in [0.717, 1.165) is 34.4 Å². The van der Waals surface area contributed by atoms with Gasteiger partial charge >= 0.3 is 12.4 Å². The van der Waals surface area contributed by atoms with Gasteiger partial charge in [-0.05, 0) is 47.0 Å². The predicted molar refractivity (Wildman–Crippen MR) is 123 cm³/mol. The van der Waals surface area contributed by atoms with Crippen LogP contribution in [0.4, 0.5) is 29.3 Å². The summed E-state index contributed by atoms with van der Waals surface area (Å²) in [7, 11) is 0. The fourth-order valence-electron chi connectivity index (χ4n) is 3.34. The van der Waals surface area contributed by atoms with Crippen LogP contribution in [0.5, 0.6) is 5.75 Å². The van der Waals surface area contributed by atoms with Gasteiger partial charge in [0, 0.05) is 11.3 Å². The van der Waals surface area contributed by atoms with Gasteiger partial charge in [0.05, 0.1) is 5.69 Å². The maximum atomic E-state index is 12.5. The monoisotopic (exact) mass is 448 g/mol. The van der Waals surface area contributed by atoms with Gasteiger partial charge in [0.15, 0.2) is 0 Å². The third-order valence-electron chi connectivity index (χ3n) is 4.82. The molecule has 0 unspecified atom stereocenters. The van der Waals surface area contributed by atoms with Crippen LogP contribution in [-0.2, 0) is 0 Å². The summed E-state index contributed by atoms with van der Waals surface area (Å²) < 4.78 is 40.7. The van der Waals surface area contributed by atoms with E-state index in [9.17, 15) is 18.0 Å². The van der Waals surface area contributed by atoms with Crippen molar-refractivity contribution in [1.82, 2.24) is 0 Å². The number of amides is 2. The summed E-state index contributed by atoms with van der Waals surface area (Å²) >= 11 is 0. The molecule has 0 aromatic heterocycles. The van der Waals surface area contributed by atoms with Crippen LogP contribution in [0, 0.1) is 0 Å². The number of nitrogens with one attached hydrogen (secondary N) is 2. The second-order valence-corrected chi connectivity index (χ2v) is 7.14. The highest BCUT2D eigenvalue weighted by molar-refractivity contribution is 6.02. The van der Waals surface area contributed by atoms with Gasteiger partial charge in [-0.3, -0.25) is 0 Å². The van der Waals surface area contributed by atoms with Gasteiger partial charge in [0.1, 0.15) is 5.75 Å². The lowest BCUT2D eigenvalue weighted by Crippen LogP contribution is -2.20. The number of benzene rings is 4. The lowest BCUT2D eigenvalue weighted by atomic mass is 9.99. The molecule has 33 heavy (non-hydrogen) atoms. The van der Waals surface area contributed by atoms with Crippen molar-refractivity contribution in [3.63, 3.8) is 0 Å². The first-order valence-corrected chi connectivity index (χ1v) is 10.1. The zero-order valence-electron chi connectivity index (χ0n) is 17.3. The fraction of sp³-hybridized carbons (Fsp3) is 0.0385. The Morgan fingerprint density at radius 3 is 1.88 bits per heavy atom. The molecule has 0 aliphatic rings. The first-order chi connectivity index (χ1) is 15.9. The summed E-state index contributed by atoms with van der Waals surface area (Å²) in [6, 6.07) is 29.8. The molecule has 0 radical (unpaired) electrons. The zero-order chi connectivity index (χ0) is 23.3. The summed E-state index contributed by atoms with van der Waals surface area (Å²) in [5, 5.41) is 5.40. The Kier molecular flexibility index (Phi) is 6.31. The molecule has 0 saturated heterocycles. The Labute approximate surface area is 188 Å². The molecule has 0 heterocycles. The molecule has 2 N–H and O–H groups in total. The fourth-order valence-corrected chi connectivity index (χ4v) is 3.34. The molecule has 0 bridgehead atoms. The largest absolute Gasteiger partial charge is 0.573 e. The third kappa shape index (κ3) is 5.92. The summed E-state index contributed by atoms with van der Waals surface area (Å²) in [6.07, 6.45) is -4.77. The molecule has 0 aliphatic carbocycles. The van der Waals surface area contributed by atoms with E-state index in [-0.39, 0.29) is 5.75 Å². The van der Waals surface area contributed by atoms with E-state index in [4.69, 9.17) is 0 Å². The van der Waals surface area contributed by atoms with Crippen molar-refractivity contribution in [3.05, 3.63) is 103 Å². The summed E-state index contributed by atoms with van der Waals surface area (Å²) in [5.41, 5.74) is 4.88. The number of anilines is 2. The minimum absolute atomic E-state index is 0.326. The lowest BCUT2D eigenvalue weighted by Gasteiger charge is -2.13. The molecule has 4 aromatic rings. The van der Waals surface area contributed by atoms with Gasteiger partial charge in [0.2, 0.25) is 0 Å². The second-order valence-electron chi connectivity index (χ2n) is 7.14. The van der Waals surface area contributed by atoms with E-state index in [1.54, 1.807) is 12.1 Å². The van der Waals surface area contributed by atoms with E-state index >= 15 is 0 Å². The number of para-hydroxylation sites is 1. The Morgan fingerprint density at radius 2 is 1.21 bits per heavy atom. The van der Waals surface area contributed by atoms with Crippen molar-refractivity contribution in [2.45, 2.75) is 6.36 Å². The lowest BCUT2D eigenvalue weighted by molar-refractivity contribution is -0.274. The average molecular weight is 448 g/mol. The highest BCUT2D eigenvalue weighted by Crippen LogP contribution is 2.30. The summed E-state index contributed by atoms with van der Waals surface area (Å²) in [4.78, 5) is 12.5. The van der Waals surface area contributed by atoms with Crippen LogP contribution in [0.25, 0.3) is 22.3 Å². The topological polar surface area (TPSA) is 50.4 Å². The zero-order valence-corrected chi connectivity index (χ0v) is 17.3. The number of urea groups is 1. The molecule has 0 atom stereocenters. The Balaban J connectivity index is 1.46. The first-order valence-electron chi connectivity index (χ1n) is 10.1. The SMILES string of the molecule is O=C(Nc1ccc(OC(F)(F)F)cc1)Nc1ccccc1-c1ccc(-c2ccccc2)cc1. The second kappa shape index (κ2) is 9.48. The third-order valence-corrected chi connectivity index (χ3v) is 4.82. The summed E-state index contributed by atoms with van der Waals surface area (Å²) in [5.74, 6) is -0.363. The van der Waals surface area contributed by atoms with E-state index in [2.05, 4.69) is 15.4 Å². The standard InChI is InChI=1S/C26H19F3N2O2/c27-26(28,29)33-22-16-14-21(15-17-22)30-25(32)31-24-9-5-4-8-23(24)20-12-10-19(11-13-20)18-6-2-1-3-7-18/h1-17H,(H2,30,31,32). The highest BCUT2D eigenvalue weighted by atomic mass is 19.4. The number of hydrogen-bond donors (Lipinski definition) is 2. The van der Waals surface area contributed by atoms with Crippen LogP contribution >= 0.6 is 0 Å². The van der Waals surface area contributed by atoms with Gasteiger partial charge in [-0.25, -0.2) is 4.79 Å². The maximum absolute atomic E-state index is 12.5. The van der Waals surface area contributed by atoms with Crippen molar-refractivity contribution in [3.8, 4) is 28.0 Å². The molecule has 166 valence electrons. The number of rotatable bonds is 5. The molecule has 0 spiro atoms. The van der Waals surface area contributed by atoms with Gasteiger partial charge in [-0.1, -0.05) is 72.8 Å². The van der Waals surface area contributed by atoms with E-state index < -0.39 is 12.4 Å². The van der Waals surface area contributed by atoms with E-state index in [0.29, 0.717) is 11.4 Å². The van der Waals surface area contributed by atoms with Crippen molar-refractivity contribution in [2.75, 3.05) is 10.6 Å². The van der Waals surface area contributed by atoms with Crippen LogP contribution in [0.3, 0.4) is 0 Å². The number of alkyl halides is 3. The molecule has 4 nitrogen and oxygen atoms in total. The van der Waals surface area contributed by atoms with Crippen molar-refractivity contribution >= 4 is 17.4 Å². The molecule has 0 fully saturated rings. The number of carbonyl (C=O) groups is 1. The van der Waals surface area contributed by atoms with Crippen LogP contribution in [0.1, 0.15) is 0 Å². The molecule has 4 aromatic carbocycles. The highest BCUT2D eigenvalue weighted by Gasteiger charge is 2.30. The van der Waals surface area contributed by atoms with Gasteiger partial charge in [-0.15, -0.1) is 13.2 Å². The van der Waals surface area contributed by atoms with Crippen LogP contribution in [0.2, 0.25) is 0 Å². The van der Waals surface area contributed by atoms with Crippen molar-refractivity contribution in [2.24, 2.45) is 0 Å². The Hall–Kier alpha value is -4.26. The van der Waals surface area contributed by atoms with Crippen LogP contribution in [-0.4, -0.2) is 12.4 Å². The normalized spacial score (nSPS) is 11.0. The van der Waals surface area contributed by atoms with Crippen LogP contribution < -0.4 is 15.4 Å². The van der Waals surface area contributed by atoms with Gasteiger partial charge in [-0.2, -0.15) is 0 Å². The molecule has 0 aliphatic heterocycles. The number of carbonyl (C=O) groups excluding carboxylic acids is 1. The van der Waals surface area contributed by atoms with Gasteiger partial charge < -0.3 is 15.4 Å². The minimum Gasteiger partial charge on any atom is -0.406 e. The van der Waals surface area contributed by atoms with Crippen LogP contribution in [0.15, 0.2) is 103 Å². The Morgan fingerprint density at radius 1 is 0.636 bits per heavy atom. The number of halogens is 3. The Bertz CT molecular complexity index is 1220. The molecule has 0 saturated carbocycles. The molecular weight excluding hydrogens is 429 g/mol. The van der Waals surface area contributed by atoms with Crippen molar-refractivity contribution < 1.29 is 22.7 Å². The maximum Gasteiger partial charge on any atom is 0.573 e. The minimum atomic E-state index is -4.77. The number of ether oxygens (including phenoxy) is 1. The molecule has 2 amide bonds. The molecular formula is C26H19F3N2O2. The van der Waals surface area contributed by atoms with E-state index in [1.165, 1.54) is 12.1 Å². The van der Waals surface area contributed by atoms with E-state index in [1.807, 2.05) is 66.7 Å². The predicted octanol–water partition coefficient (Wildman–Crippen LogP) is 7.56. The van der Waals surface area contributed by atoms with Gasteiger partial charge in [0.25, 0.3) is 0 Å². The quantitative estimate of drug-likeness (QED) is 0.331. The number of hydrogen-bond acceptors (Lipinski definition) is 2. The molecule has 7 heteroatoms. The molecule has 4 rings (SSSR count). The first kappa shape index (κ1) is 22.0. The summed E-state index contributed by atoms with van der Waals surface area (Å²) in [6.45, 7) is 0.